The zero-order valence-electron chi connectivity index (χ0n) is 17.2. The van der Waals surface area contributed by atoms with Crippen LogP contribution in [-0.4, -0.2) is 58.9 Å². The van der Waals surface area contributed by atoms with E-state index >= 15 is 0 Å². The van der Waals surface area contributed by atoms with Gasteiger partial charge in [0.1, 0.15) is 0 Å². The van der Waals surface area contributed by atoms with Crippen LogP contribution in [0.25, 0.3) is 10.9 Å². The standard InChI is InChI=1S/C22H29N5O2/c1-15-11-17(25-20(28)6-7-21(29)26-9-4-10-26)14-27(13-15)19-12-24-16(2)22-18(19)5-3-8-23-22/h3,5,8,12,15,17H,4,6-7,9-11,13-14H2,1-2H3,(H,25,28)/t15-,17+/m0/s1. The minimum Gasteiger partial charge on any atom is -0.367 e. The highest BCUT2D eigenvalue weighted by molar-refractivity contribution is 5.92. The summed E-state index contributed by atoms with van der Waals surface area (Å²) in [5, 5.41) is 4.25. The zero-order chi connectivity index (χ0) is 20.4. The molecule has 2 aromatic rings. The molecular weight excluding hydrogens is 366 g/mol. The lowest BCUT2D eigenvalue weighted by Crippen LogP contribution is -2.50. The number of aryl methyl sites for hydroxylation is 1. The molecule has 29 heavy (non-hydrogen) atoms. The Morgan fingerprint density at radius 3 is 2.79 bits per heavy atom. The molecule has 2 atom stereocenters. The van der Waals surface area contributed by atoms with E-state index in [9.17, 15) is 9.59 Å². The summed E-state index contributed by atoms with van der Waals surface area (Å²) in [6.45, 7) is 7.52. The fourth-order valence-electron chi connectivity index (χ4n) is 4.34. The third-order valence-electron chi connectivity index (χ3n) is 5.95. The van der Waals surface area contributed by atoms with E-state index in [1.807, 2.05) is 24.1 Å². The van der Waals surface area contributed by atoms with Crippen LogP contribution < -0.4 is 10.2 Å². The van der Waals surface area contributed by atoms with E-state index in [-0.39, 0.29) is 24.3 Å². The molecular formula is C22H29N5O2. The van der Waals surface area contributed by atoms with Crippen LogP contribution in [-0.2, 0) is 9.59 Å². The van der Waals surface area contributed by atoms with Crippen molar-refractivity contribution in [3.63, 3.8) is 0 Å². The summed E-state index contributed by atoms with van der Waals surface area (Å²) in [6.07, 6.45) is 6.30. The van der Waals surface area contributed by atoms with Crippen LogP contribution in [0.3, 0.4) is 0 Å². The van der Waals surface area contributed by atoms with E-state index in [1.165, 1.54) is 0 Å². The fourth-order valence-corrected chi connectivity index (χ4v) is 4.34. The maximum absolute atomic E-state index is 12.4. The molecule has 0 unspecified atom stereocenters. The predicted molar refractivity (Wildman–Crippen MR) is 113 cm³/mol. The Morgan fingerprint density at radius 1 is 1.21 bits per heavy atom. The average molecular weight is 396 g/mol. The Balaban J connectivity index is 1.41. The summed E-state index contributed by atoms with van der Waals surface area (Å²) in [4.78, 5) is 37.6. The number of likely N-dealkylation sites (tertiary alicyclic amines) is 1. The van der Waals surface area contributed by atoms with E-state index in [1.54, 1.807) is 6.20 Å². The van der Waals surface area contributed by atoms with Crippen molar-refractivity contribution in [1.29, 1.82) is 0 Å². The topological polar surface area (TPSA) is 78.4 Å². The number of aromatic nitrogens is 2. The lowest BCUT2D eigenvalue weighted by molar-refractivity contribution is -0.136. The first-order valence-corrected chi connectivity index (χ1v) is 10.5. The van der Waals surface area contributed by atoms with Gasteiger partial charge in [-0.1, -0.05) is 6.92 Å². The van der Waals surface area contributed by atoms with Gasteiger partial charge in [0.15, 0.2) is 0 Å². The molecule has 7 nitrogen and oxygen atoms in total. The molecule has 2 aliphatic heterocycles. The Hall–Kier alpha value is -2.70. The molecule has 2 fully saturated rings. The SMILES string of the molecule is Cc1ncc(N2C[C@@H](C)C[C@@H](NC(=O)CCC(=O)N3CCC3)C2)c2cccnc12. The minimum absolute atomic E-state index is 0.0357. The Labute approximate surface area is 171 Å². The van der Waals surface area contributed by atoms with Crippen molar-refractivity contribution >= 4 is 28.4 Å². The van der Waals surface area contributed by atoms with E-state index in [4.69, 9.17) is 0 Å². The highest BCUT2D eigenvalue weighted by Gasteiger charge is 2.28. The maximum Gasteiger partial charge on any atom is 0.223 e. The number of hydrogen-bond acceptors (Lipinski definition) is 5. The summed E-state index contributed by atoms with van der Waals surface area (Å²) in [5.74, 6) is 0.506. The van der Waals surface area contributed by atoms with Crippen molar-refractivity contribution in [2.45, 2.75) is 45.6 Å². The number of carbonyl (C=O) groups excluding carboxylic acids is 2. The lowest BCUT2D eigenvalue weighted by atomic mass is 9.95. The molecule has 154 valence electrons. The Morgan fingerprint density at radius 2 is 2.03 bits per heavy atom. The summed E-state index contributed by atoms with van der Waals surface area (Å²) < 4.78 is 0. The maximum atomic E-state index is 12.4. The van der Waals surface area contributed by atoms with E-state index in [0.717, 1.165) is 61.3 Å². The normalized spacial score (nSPS) is 21.7. The number of piperidine rings is 1. The minimum atomic E-state index is -0.0357. The van der Waals surface area contributed by atoms with Gasteiger partial charge in [0.2, 0.25) is 11.8 Å². The van der Waals surface area contributed by atoms with Crippen molar-refractivity contribution in [1.82, 2.24) is 20.2 Å². The lowest BCUT2D eigenvalue weighted by Gasteiger charge is -2.38. The molecule has 0 aromatic carbocycles. The number of amides is 2. The Bertz CT molecular complexity index is 911. The van der Waals surface area contributed by atoms with Gasteiger partial charge in [0.25, 0.3) is 0 Å². The van der Waals surface area contributed by atoms with Gasteiger partial charge in [0, 0.05) is 56.6 Å². The van der Waals surface area contributed by atoms with Crippen LogP contribution in [0.15, 0.2) is 24.5 Å². The number of hydrogen-bond donors (Lipinski definition) is 1. The highest BCUT2D eigenvalue weighted by Crippen LogP contribution is 2.30. The van der Waals surface area contributed by atoms with Crippen molar-refractivity contribution in [2.75, 3.05) is 31.1 Å². The molecule has 0 radical (unpaired) electrons. The average Bonchev–Trinajstić information content (AvgIpc) is 2.65. The predicted octanol–water partition coefficient (Wildman–Crippen LogP) is 2.28. The molecule has 0 bridgehead atoms. The zero-order valence-corrected chi connectivity index (χ0v) is 17.2. The first kappa shape index (κ1) is 19.6. The van der Waals surface area contributed by atoms with Gasteiger partial charge in [-0.25, -0.2) is 0 Å². The molecule has 0 aliphatic carbocycles. The molecule has 2 aromatic heterocycles. The van der Waals surface area contributed by atoms with Gasteiger partial charge in [-0.15, -0.1) is 0 Å². The smallest absolute Gasteiger partial charge is 0.223 e. The molecule has 7 heteroatoms. The first-order chi connectivity index (χ1) is 14.0. The summed E-state index contributed by atoms with van der Waals surface area (Å²) in [6, 6.07) is 4.10. The van der Waals surface area contributed by atoms with E-state index < -0.39 is 0 Å². The summed E-state index contributed by atoms with van der Waals surface area (Å²) in [5.41, 5.74) is 2.91. The van der Waals surface area contributed by atoms with Crippen LogP contribution >= 0.6 is 0 Å². The Kier molecular flexibility index (Phi) is 5.65. The van der Waals surface area contributed by atoms with Crippen molar-refractivity contribution in [2.24, 2.45) is 5.92 Å². The van der Waals surface area contributed by atoms with Crippen LogP contribution in [0.2, 0.25) is 0 Å². The second kappa shape index (κ2) is 8.35. The number of nitrogens with zero attached hydrogens (tertiary/aromatic N) is 4. The van der Waals surface area contributed by atoms with Crippen LogP contribution in [0.4, 0.5) is 5.69 Å². The molecule has 2 saturated heterocycles. The number of nitrogens with one attached hydrogen (secondary N) is 1. The monoisotopic (exact) mass is 395 g/mol. The largest absolute Gasteiger partial charge is 0.367 e. The highest BCUT2D eigenvalue weighted by atomic mass is 16.2. The van der Waals surface area contributed by atoms with Gasteiger partial charge in [-0.3, -0.25) is 19.6 Å². The molecule has 4 rings (SSSR count). The second-order valence-electron chi connectivity index (χ2n) is 8.37. The summed E-state index contributed by atoms with van der Waals surface area (Å²) >= 11 is 0. The number of rotatable bonds is 5. The van der Waals surface area contributed by atoms with Crippen LogP contribution in [0.1, 0.15) is 38.3 Å². The van der Waals surface area contributed by atoms with Crippen LogP contribution in [0.5, 0.6) is 0 Å². The number of pyridine rings is 2. The third kappa shape index (κ3) is 4.33. The van der Waals surface area contributed by atoms with Gasteiger partial charge in [0.05, 0.1) is 23.1 Å². The molecule has 0 spiro atoms. The fraction of sp³-hybridized carbons (Fsp3) is 0.545. The number of fused-ring (bicyclic) bond motifs is 1. The van der Waals surface area contributed by atoms with Crippen molar-refractivity contribution in [3.05, 3.63) is 30.2 Å². The second-order valence-corrected chi connectivity index (χ2v) is 8.37. The summed E-state index contributed by atoms with van der Waals surface area (Å²) in [7, 11) is 0. The molecule has 0 saturated carbocycles. The quantitative estimate of drug-likeness (QED) is 0.840. The van der Waals surface area contributed by atoms with Gasteiger partial charge in [-0.05, 0) is 37.8 Å². The van der Waals surface area contributed by atoms with Gasteiger partial charge < -0.3 is 15.1 Å². The molecule has 1 N–H and O–H groups in total. The molecule has 4 heterocycles. The van der Waals surface area contributed by atoms with Gasteiger partial charge >= 0.3 is 0 Å². The van der Waals surface area contributed by atoms with E-state index in [0.29, 0.717) is 12.3 Å². The molecule has 2 amide bonds. The van der Waals surface area contributed by atoms with Crippen molar-refractivity contribution in [3.8, 4) is 0 Å². The number of carbonyl (C=O) groups is 2. The van der Waals surface area contributed by atoms with Crippen LogP contribution in [0, 0.1) is 12.8 Å². The van der Waals surface area contributed by atoms with Crippen molar-refractivity contribution < 1.29 is 9.59 Å². The molecule has 2 aliphatic rings. The number of anilines is 1. The third-order valence-corrected chi connectivity index (χ3v) is 5.95. The first-order valence-electron chi connectivity index (χ1n) is 10.5. The van der Waals surface area contributed by atoms with E-state index in [2.05, 4.69) is 33.2 Å². The van der Waals surface area contributed by atoms with Gasteiger partial charge in [-0.2, -0.15) is 0 Å².